The standard InChI is InChI=1S/C15H18BrClO/c16-13-10-12(7-8-14(13)17)15(18)9-6-11-4-2-1-3-5-11/h7-8,10-11H,1-6,9H2. The fourth-order valence-electron chi connectivity index (χ4n) is 2.62. The van der Waals surface area contributed by atoms with E-state index < -0.39 is 0 Å². The van der Waals surface area contributed by atoms with Gasteiger partial charge >= 0.3 is 0 Å². The lowest BCUT2D eigenvalue weighted by Crippen LogP contribution is -2.09. The van der Waals surface area contributed by atoms with Gasteiger partial charge in [-0.05, 0) is 46.5 Å². The van der Waals surface area contributed by atoms with Crippen LogP contribution in [0.15, 0.2) is 22.7 Å². The van der Waals surface area contributed by atoms with Crippen LogP contribution >= 0.6 is 27.5 Å². The predicted octanol–water partition coefficient (Wildman–Crippen LogP) is 5.65. The molecule has 0 bridgehead atoms. The fraction of sp³-hybridized carbons (Fsp3) is 0.533. The quantitative estimate of drug-likeness (QED) is 0.653. The molecular weight excluding hydrogens is 312 g/mol. The molecule has 0 unspecified atom stereocenters. The summed E-state index contributed by atoms with van der Waals surface area (Å²) < 4.78 is 0.799. The highest BCUT2D eigenvalue weighted by molar-refractivity contribution is 9.10. The second-order valence-electron chi connectivity index (χ2n) is 5.09. The molecule has 0 atom stereocenters. The SMILES string of the molecule is O=C(CCC1CCCCC1)c1ccc(Cl)c(Br)c1. The van der Waals surface area contributed by atoms with Crippen LogP contribution in [0.4, 0.5) is 0 Å². The molecule has 1 aliphatic rings. The van der Waals surface area contributed by atoms with Gasteiger partial charge in [0, 0.05) is 16.5 Å². The molecular formula is C15H18BrClO. The summed E-state index contributed by atoms with van der Waals surface area (Å²) >= 11 is 9.28. The van der Waals surface area contributed by atoms with Crippen LogP contribution in [0.3, 0.4) is 0 Å². The summed E-state index contributed by atoms with van der Waals surface area (Å²) in [4.78, 5) is 12.1. The second-order valence-corrected chi connectivity index (χ2v) is 6.36. The molecule has 1 aromatic carbocycles. The van der Waals surface area contributed by atoms with Gasteiger partial charge in [0.05, 0.1) is 5.02 Å². The van der Waals surface area contributed by atoms with E-state index in [1.165, 1.54) is 32.1 Å². The van der Waals surface area contributed by atoms with Crippen LogP contribution in [0, 0.1) is 5.92 Å². The van der Waals surface area contributed by atoms with E-state index in [1.807, 2.05) is 12.1 Å². The molecule has 18 heavy (non-hydrogen) atoms. The van der Waals surface area contributed by atoms with E-state index >= 15 is 0 Å². The summed E-state index contributed by atoms with van der Waals surface area (Å²) in [6.45, 7) is 0. The number of Topliss-reactive ketones (excluding diaryl/α,β-unsaturated/α-hetero) is 1. The van der Waals surface area contributed by atoms with Crippen molar-refractivity contribution in [2.24, 2.45) is 5.92 Å². The van der Waals surface area contributed by atoms with Gasteiger partial charge in [0.25, 0.3) is 0 Å². The minimum atomic E-state index is 0.234. The molecule has 98 valence electrons. The van der Waals surface area contributed by atoms with Crippen LogP contribution in [0.25, 0.3) is 0 Å². The summed E-state index contributed by atoms with van der Waals surface area (Å²) in [6.07, 6.45) is 8.36. The summed E-state index contributed by atoms with van der Waals surface area (Å²) in [6, 6.07) is 5.42. The van der Waals surface area contributed by atoms with E-state index in [-0.39, 0.29) is 5.78 Å². The number of carbonyl (C=O) groups is 1. The lowest BCUT2D eigenvalue weighted by atomic mass is 9.85. The Morgan fingerprint density at radius 1 is 1.28 bits per heavy atom. The molecule has 0 spiro atoms. The Morgan fingerprint density at radius 3 is 2.67 bits per heavy atom. The van der Waals surface area contributed by atoms with E-state index in [0.29, 0.717) is 11.4 Å². The topological polar surface area (TPSA) is 17.1 Å². The van der Waals surface area contributed by atoms with Crippen LogP contribution < -0.4 is 0 Å². The van der Waals surface area contributed by atoms with Crippen molar-refractivity contribution in [2.75, 3.05) is 0 Å². The fourth-order valence-corrected chi connectivity index (χ4v) is 3.12. The van der Waals surface area contributed by atoms with Crippen LogP contribution in [0.5, 0.6) is 0 Å². The van der Waals surface area contributed by atoms with E-state index in [9.17, 15) is 4.79 Å². The molecule has 0 radical (unpaired) electrons. The van der Waals surface area contributed by atoms with Crippen molar-refractivity contribution >= 4 is 33.3 Å². The molecule has 2 rings (SSSR count). The summed E-state index contributed by atoms with van der Waals surface area (Å²) in [5, 5.41) is 0.652. The second kappa shape index (κ2) is 6.72. The maximum absolute atomic E-state index is 12.1. The minimum Gasteiger partial charge on any atom is -0.294 e. The summed E-state index contributed by atoms with van der Waals surface area (Å²) in [5.74, 6) is 0.997. The minimum absolute atomic E-state index is 0.234. The van der Waals surface area contributed by atoms with Crippen LogP contribution in [-0.4, -0.2) is 5.78 Å². The van der Waals surface area contributed by atoms with Gasteiger partial charge in [-0.1, -0.05) is 43.7 Å². The van der Waals surface area contributed by atoms with Gasteiger partial charge in [-0.25, -0.2) is 0 Å². The Kier molecular flexibility index (Phi) is 5.25. The third-order valence-electron chi connectivity index (χ3n) is 3.75. The predicted molar refractivity (Wildman–Crippen MR) is 79.3 cm³/mol. The van der Waals surface area contributed by atoms with E-state index in [2.05, 4.69) is 15.9 Å². The highest BCUT2D eigenvalue weighted by Gasteiger charge is 2.15. The first-order chi connectivity index (χ1) is 8.66. The lowest BCUT2D eigenvalue weighted by molar-refractivity contribution is 0.0970. The average Bonchev–Trinajstić information content (AvgIpc) is 2.40. The zero-order valence-electron chi connectivity index (χ0n) is 10.4. The van der Waals surface area contributed by atoms with Crippen molar-refractivity contribution in [3.63, 3.8) is 0 Å². The van der Waals surface area contributed by atoms with Gasteiger partial charge in [-0.3, -0.25) is 4.79 Å². The first kappa shape index (κ1) is 14.1. The van der Waals surface area contributed by atoms with E-state index in [0.717, 1.165) is 22.4 Å². The maximum atomic E-state index is 12.1. The van der Waals surface area contributed by atoms with Crippen molar-refractivity contribution in [1.29, 1.82) is 0 Å². The van der Waals surface area contributed by atoms with Crippen molar-refractivity contribution in [3.8, 4) is 0 Å². The number of rotatable bonds is 4. The number of hydrogen-bond acceptors (Lipinski definition) is 1. The molecule has 1 aromatic rings. The number of ketones is 1. The third-order valence-corrected chi connectivity index (χ3v) is 4.96. The highest BCUT2D eigenvalue weighted by atomic mass is 79.9. The van der Waals surface area contributed by atoms with Crippen LogP contribution in [-0.2, 0) is 0 Å². The van der Waals surface area contributed by atoms with Gasteiger partial charge in [0.1, 0.15) is 0 Å². The molecule has 1 aliphatic carbocycles. The number of halogens is 2. The number of hydrogen-bond donors (Lipinski definition) is 0. The molecule has 1 nitrogen and oxygen atoms in total. The maximum Gasteiger partial charge on any atom is 0.162 e. The molecule has 0 saturated heterocycles. The molecule has 0 N–H and O–H groups in total. The average molecular weight is 330 g/mol. The normalized spacial score (nSPS) is 16.8. The molecule has 1 saturated carbocycles. The van der Waals surface area contributed by atoms with Gasteiger partial charge in [-0.15, -0.1) is 0 Å². The lowest BCUT2D eigenvalue weighted by Gasteiger charge is -2.20. The van der Waals surface area contributed by atoms with Crippen molar-refractivity contribution in [3.05, 3.63) is 33.3 Å². The molecule has 3 heteroatoms. The van der Waals surface area contributed by atoms with Gasteiger partial charge < -0.3 is 0 Å². The van der Waals surface area contributed by atoms with Crippen LogP contribution in [0.2, 0.25) is 5.02 Å². The summed E-state index contributed by atoms with van der Waals surface area (Å²) in [7, 11) is 0. The Morgan fingerprint density at radius 2 is 2.00 bits per heavy atom. The monoisotopic (exact) mass is 328 g/mol. The first-order valence-electron chi connectivity index (χ1n) is 6.65. The Labute approximate surface area is 122 Å². The number of benzene rings is 1. The Balaban J connectivity index is 1.88. The third kappa shape index (κ3) is 3.83. The summed E-state index contributed by atoms with van der Waals surface area (Å²) in [5.41, 5.74) is 0.766. The van der Waals surface area contributed by atoms with Gasteiger partial charge in [0.15, 0.2) is 5.78 Å². The van der Waals surface area contributed by atoms with Crippen LogP contribution in [0.1, 0.15) is 55.3 Å². The largest absolute Gasteiger partial charge is 0.294 e. The zero-order valence-corrected chi connectivity index (χ0v) is 12.8. The highest BCUT2D eigenvalue weighted by Crippen LogP contribution is 2.28. The first-order valence-corrected chi connectivity index (χ1v) is 7.82. The molecule has 0 heterocycles. The molecule has 0 amide bonds. The van der Waals surface area contributed by atoms with E-state index in [1.54, 1.807) is 6.07 Å². The molecule has 0 aromatic heterocycles. The molecule has 1 fully saturated rings. The Bertz CT molecular complexity index is 425. The smallest absolute Gasteiger partial charge is 0.162 e. The van der Waals surface area contributed by atoms with Gasteiger partial charge in [0.2, 0.25) is 0 Å². The van der Waals surface area contributed by atoms with E-state index in [4.69, 9.17) is 11.6 Å². The van der Waals surface area contributed by atoms with Crippen molar-refractivity contribution in [2.45, 2.75) is 44.9 Å². The Hall–Kier alpha value is -0.340. The molecule has 0 aliphatic heterocycles. The van der Waals surface area contributed by atoms with Gasteiger partial charge in [-0.2, -0.15) is 0 Å². The van der Waals surface area contributed by atoms with Crippen molar-refractivity contribution in [1.82, 2.24) is 0 Å². The number of carbonyl (C=O) groups excluding carboxylic acids is 1. The van der Waals surface area contributed by atoms with Crippen molar-refractivity contribution < 1.29 is 4.79 Å². The zero-order chi connectivity index (χ0) is 13.0.